The van der Waals surface area contributed by atoms with E-state index in [2.05, 4.69) is 4.72 Å². The molecule has 2 N–H and O–H groups in total. The number of carboxylic acids is 1. The highest BCUT2D eigenvalue weighted by molar-refractivity contribution is 7.90. The molecule has 5 nitrogen and oxygen atoms in total. The summed E-state index contributed by atoms with van der Waals surface area (Å²) < 4.78 is 27.1. The van der Waals surface area contributed by atoms with Gasteiger partial charge < -0.3 is 5.11 Å². The van der Waals surface area contributed by atoms with Crippen molar-refractivity contribution in [2.45, 2.75) is 24.1 Å². The average molecular weight is 337 g/mol. The Labute approximate surface area is 132 Å². The Morgan fingerprint density at radius 3 is 2.59 bits per heavy atom. The fourth-order valence-corrected chi connectivity index (χ4v) is 4.93. The molecule has 2 atom stereocenters. The van der Waals surface area contributed by atoms with Crippen molar-refractivity contribution in [1.29, 1.82) is 0 Å². The molecule has 116 valence electrons. The summed E-state index contributed by atoms with van der Waals surface area (Å²) in [5.74, 6) is -0.943. The number of hydrogen-bond acceptors (Lipinski definition) is 4. The summed E-state index contributed by atoms with van der Waals surface area (Å²) in [7, 11) is -3.38. The van der Waals surface area contributed by atoms with Crippen molar-refractivity contribution in [3.8, 4) is 0 Å². The molecule has 2 unspecified atom stereocenters. The zero-order chi connectivity index (χ0) is 15.7. The Morgan fingerprint density at radius 2 is 1.95 bits per heavy atom. The van der Waals surface area contributed by atoms with Crippen molar-refractivity contribution in [3.05, 3.63) is 57.8 Å². The first kappa shape index (κ1) is 15.2. The lowest BCUT2D eigenvalue weighted by molar-refractivity contribution is 0.0702. The maximum atomic E-state index is 12.3. The molecule has 7 heteroatoms. The topological polar surface area (TPSA) is 83.5 Å². The third kappa shape index (κ3) is 3.21. The quantitative estimate of drug-likeness (QED) is 0.848. The highest BCUT2D eigenvalue weighted by Crippen LogP contribution is 2.45. The van der Waals surface area contributed by atoms with Crippen LogP contribution >= 0.6 is 11.3 Å². The maximum Gasteiger partial charge on any atom is 0.345 e. The molecule has 1 saturated carbocycles. The molecule has 0 radical (unpaired) electrons. The maximum absolute atomic E-state index is 12.3. The van der Waals surface area contributed by atoms with Crippen molar-refractivity contribution in [2.75, 3.05) is 0 Å². The van der Waals surface area contributed by atoms with Gasteiger partial charge in [0.2, 0.25) is 10.0 Å². The summed E-state index contributed by atoms with van der Waals surface area (Å²) in [5.41, 5.74) is 1.04. The Morgan fingerprint density at radius 1 is 1.23 bits per heavy atom. The molecule has 1 aromatic carbocycles. The van der Waals surface area contributed by atoms with E-state index < -0.39 is 21.2 Å². The van der Waals surface area contributed by atoms with Crippen molar-refractivity contribution in [3.63, 3.8) is 0 Å². The first-order valence-electron chi connectivity index (χ1n) is 6.83. The van der Waals surface area contributed by atoms with E-state index in [-0.39, 0.29) is 17.3 Å². The van der Waals surface area contributed by atoms with Gasteiger partial charge in [0.15, 0.2) is 0 Å². The van der Waals surface area contributed by atoms with E-state index in [1.807, 2.05) is 30.3 Å². The largest absolute Gasteiger partial charge is 0.477 e. The van der Waals surface area contributed by atoms with Crippen LogP contribution in [-0.4, -0.2) is 24.7 Å². The van der Waals surface area contributed by atoms with Gasteiger partial charge in [-0.2, -0.15) is 0 Å². The van der Waals surface area contributed by atoms with Crippen molar-refractivity contribution in [1.82, 2.24) is 4.72 Å². The van der Waals surface area contributed by atoms with Crippen LogP contribution in [0.15, 0.2) is 42.5 Å². The second-order valence-electron chi connectivity index (χ2n) is 5.23. The fourth-order valence-electron chi connectivity index (χ4n) is 2.43. The molecule has 0 aliphatic heterocycles. The number of rotatable bonds is 6. The number of thiophene rings is 1. The van der Waals surface area contributed by atoms with Gasteiger partial charge in [-0.05, 0) is 24.1 Å². The predicted molar refractivity (Wildman–Crippen MR) is 84.6 cm³/mol. The van der Waals surface area contributed by atoms with Crippen LogP contribution in [0.25, 0.3) is 0 Å². The number of benzene rings is 1. The number of sulfonamides is 1. The Balaban J connectivity index is 1.61. The zero-order valence-electron chi connectivity index (χ0n) is 11.6. The summed E-state index contributed by atoms with van der Waals surface area (Å²) >= 11 is 1.08. The normalized spacial score (nSPS) is 20.7. The smallest absolute Gasteiger partial charge is 0.345 e. The van der Waals surface area contributed by atoms with Gasteiger partial charge in [0.1, 0.15) is 4.88 Å². The molecule has 0 saturated heterocycles. The summed E-state index contributed by atoms with van der Waals surface area (Å²) in [4.78, 5) is 11.7. The molecular weight excluding hydrogens is 322 g/mol. The van der Waals surface area contributed by atoms with E-state index >= 15 is 0 Å². The predicted octanol–water partition coefficient (Wildman–Crippen LogP) is 2.42. The van der Waals surface area contributed by atoms with Crippen molar-refractivity contribution < 1.29 is 18.3 Å². The van der Waals surface area contributed by atoms with E-state index in [0.717, 1.165) is 16.9 Å². The molecule has 1 aliphatic rings. The Kier molecular flexibility index (Phi) is 4.03. The summed E-state index contributed by atoms with van der Waals surface area (Å²) in [5, 5.41) is 8.46. The van der Waals surface area contributed by atoms with Crippen LogP contribution in [0.3, 0.4) is 0 Å². The lowest BCUT2D eigenvalue weighted by atomic mass is 10.1. The molecule has 0 spiro atoms. The summed E-state index contributed by atoms with van der Waals surface area (Å²) in [6.07, 6.45) is 0.629. The first-order valence-corrected chi connectivity index (χ1v) is 9.19. The van der Waals surface area contributed by atoms with E-state index in [1.54, 1.807) is 6.07 Å². The third-order valence-corrected chi connectivity index (χ3v) is 6.62. The standard InChI is InChI=1S/C15H15NO4S2/c17-15(18)13-7-6-11(21-13)9-16-22(19,20)14-8-12(14)10-4-2-1-3-5-10/h1-7,12,14,16H,8-9H2,(H,17,18). The first-order chi connectivity index (χ1) is 10.5. The number of carbonyl (C=O) groups is 1. The van der Waals surface area contributed by atoms with Crippen LogP contribution in [0.4, 0.5) is 0 Å². The molecule has 22 heavy (non-hydrogen) atoms. The molecule has 1 heterocycles. The van der Waals surface area contributed by atoms with Crippen LogP contribution in [-0.2, 0) is 16.6 Å². The van der Waals surface area contributed by atoms with E-state index in [0.29, 0.717) is 11.3 Å². The van der Waals surface area contributed by atoms with Gasteiger partial charge in [0.25, 0.3) is 0 Å². The monoisotopic (exact) mass is 337 g/mol. The Bertz CT molecular complexity index is 783. The average Bonchev–Trinajstić information content (AvgIpc) is 3.18. The van der Waals surface area contributed by atoms with E-state index in [1.165, 1.54) is 6.07 Å². The van der Waals surface area contributed by atoms with Crippen LogP contribution in [0.5, 0.6) is 0 Å². The van der Waals surface area contributed by atoms with Crippen LogP contribution in [0, 0.1) is 0 Å². The van der Waals surface area contributed by atoms with Gasteiger partial charge in [-0.3, -0.25) is 0 Å². The number of aromatic carboxylic acids is 1. The Hall–Kier alpha value is -1.70. The zero-order valence-corrected chi connectivity index (χ0v) is 13.2. The summed E-state index contributed by atoms with van der Waals surface area (Å²) in [6.45, 7) is 0.137. The van der Waals surface area contributed by atoms with Gasteiger partial charge >= 0.3 is 5.97 Å². The van der Waals surface area contributed by atoms with Crippen LogP contribution in [0.2, 0.25) is 0 Å². The van der Waals surface area contributed by atoms with Gasteiger partial charge in [-0.15, -0.1) is 11.3 Å². The SMILES string of the molecule is O=C(O)c1ccc(CNS(=O)(=O)C2CC2c2ccccc2)s1. The molecule has 1 aliphatic carbocycles. The summed E-state index contributed by atoms with van der Waals surface area (Å²) in [6, 6.07) is 12.7. The molecule has 1 fully saturated rings. The number of nitrogens with one attached hydrogen (secondary N) is 1. The molecule has 0 bridgehead atoms. The minimum atomic E-state index is -3.38. The van der Waals surface area contributed by atoms with Crippen molar-refractivity contribution in [2.24, 2.45) is 0 Å². The second-order valence-corrected chi connectivity index (χ2v) is 8.38. The highest BCUT2D eigenvalue weighted by atomic mass is 32.2. The van der Waals surface area contributed by atoms with Gasteiger partial charge in [-0.25, -0.2) is 17.9 Å². The molecule has 2 aromatic rings. The van der Waals surface area contributed by atoms with Gasteiger partial charge in [-0.1, -0.05) is 30.3 Å². The van der Waals surface area contributed by atoms with E-state index in [9.17, 15) is 13.2 Å². The van der Waals surface area contributed by atoms with Crippen LogP contribution < -0.4 is 4.72 Å². The minimum absolute atomic E-state index is 0.0524. The second kappa shape index (κ2) is 5.83. The van der Waals surface area contributed by atoms with E-state index in [4.69, 9.17) is 5.11 Å². The molecular formula is C15H15NO4S2. The van der Waals surface area contributed by atoms with Crippen molar-refractivity contribution >= 4 is 27.3 Å². The van der Waals surface area contributed by atoms with Gasteiger partial charge in [0, 0.05) is 17.3 Å². The molecule has 1 aromatic heterocycles. The third-order valence-electron chi connectivity index (χ3n) is 3.68. The highest BCUT2D eigenvalue weighted by Gasteiger charge is 2.47. The number of hydrogen-bond donors (Lipinski definition) is 2. The lowest BCUT2D eigenvalue weighted by Gasteiger charge is -2.05. The minimum Gasteiger partial charge on any atom is -0.477 e. The van der Waals surface area contributed by atoms with Crippen LogP contribution in [0.1, 0.15) is 32.5 Å². The number of carboxylic acid groups (broad SMARTS) is 1. The fraction of sp³-hybridized carbons (Fsp3) is 0.267. The molecule has 0 amide bonds. The van der Waals surface area contributed by atoms with Gasteiger partial charge in [0.05, 0.1) is 5.25 Å². The molecule has 3 rings (SSSR count). The lowest BCUT2D eigenvalue weighted by Crippen LogP contribution is -2.27.